The number of pyridine rings is 2. The molecule has 10 nitrogen and oxygen atoms in total. The largest absolute Gasteiger partial charge is 0.487 e. The van der Waals surface area contributed by atoms with Gasteiger partial charge in [0.15, 0.2) is 9.84 Å². The summed E-state index contributed by atoms with van der Waals surface area (Å²) in [5.41, 5.74) is 1.32. The van der Waals surface area contributed by atoms with E-state index in [4.69, 9.17) is 4.74 Å². The summed E-state index contributed by atoms with van der Waals surface area (Å²) >= 11 is 1.14. The van der Waals surface area contributed by atoms with Gasteiger partial charge in [0.2, 0.25) is 10.0 Å². The quantitative estimate of drug-likeness (QED) is 0.285. The van der Waals surface area contributed by atoms with Crippen molar-refractivity contribution in [3.8, 4) is 17.0 Å². The maximum atomic E-state index is 14.1. The third-order valence-corrected chi connectivity index (χ3v) is 8.02. The predicted molar refractivity (Wildman–Crippen MR) is 147 cm³/mol. The number of nitrogens with zero attached hydrogens (tertiary/aromatic N) is 2. The molecule has 4 aromatic rings. The summed E-state index contributed by atoms with van der Waals surface area (Å²) in [6.45, 7) is 1.45. The summed E-state index contributed by atoms with van der Waals surface area (Å²) in [4.78, 5) is 21.7. The van der Waals surface area contributed by atoms with Crippen LogP contribution in [0, 0.1) is 18.6 Å². The first-order valence-corrected chi connectivity index (χ1v) is 15.9. The molecule has 0 bridgehead atoms. The number of thiophene rings is 1. The third kappa shape index (κ3) is 7.37. The molecule has 40 heavy (non-hydrogen) atoms. The molecular weight excluding hydrogens is 586 g/mol. The molecule has 1 amide bonds. The summed E-state index contributed by atoms with van der Waals surface area (Å²) in [5.74, 6) is -1.97. The van der Waals surface area contributed by atoms with Crippen LogP contribution in [0.2, 0.25) is 0 Å². The zero-order chi connectivity index (χ0) is 29.2. The van der Waals surface area contributed by atoms with Gasteiger partial charge in [0, 0.05) is 22.8 Å². The molecular formula is C25H22F2N4O6S3. The second-order valence-electron chi connectivity index (χ2n) is 8.73. The Morgan fingerprint density at radius 2 is 1.68 bits per heavy atom. The highest BCUT2D eigenvalue weighted by Gasteiger charge is 2.19. The summed E-state index contributed by atoms with van der Waals surface area (Å²) in [5, 5.41) is 2.65. The van der Waals surface area contributed by atoms with Gasteiger partial charge < -0.3 is 10.1 Å². The number of rotatable bonds is 9. The Labute approximate surface area is 233 Å². The Morgan fingerprint density at radius 1 is 0.950 bits per heavy atom. The lowest BCUT2D eigenvalue weighted by Gasteiger charge is -2.12. The summed E-state index contributed by atoms with van der Waals surface area (Å²) in [6.07, 6.45) is 5.56. The number of ether oxygens (including phenoxy) is 1. The van der Waals surface area contributed by atoms with E-state index in [-0.39, 0.29) is 44.8 Å². The molecule has 3 heterocycles. The number of benzene rings is 1. The number of hydrogen-bond acceptors (Lipinski definition) is 9. The Morgan fingerprint density at radius 3 is 2.38 bits per heavy atom. The molecule has 0 aliphatic heterocycles. The monoisotopic (exact) mass is 608 g/mol. The van der Waals surface area contributed by atoms with Crippen LogP contribution in [0.5, 0.6) is 5.75 Å². The molecule has 0 aliphatic carbocycles. The number of anilines is 2. The van der Waals surface area contributed by atoms with Crippen molar-refractivity contribution < 1.29 is 35.1 Å². The van der Waals surface area contributed by atoms with Gasteiger partial charge in [0.05, 0.1) is 46.0 Å². The number of amides is 1. The maximum Gasteiger partial charge on any atom is 0.265 e. The predicted octanol–water partition coefficient (Wildman–Crippen LogP) is 4.40. The van der Waals surface area contributed by atoms with E-state index in [0.717, 1.165) is 48.2 Å². The van der Waals surface area contributed by atoms with Crippen LogP contribution >= 0.6 is 11.3 Å². The van der Waals surface area contributed by atoms with Crippen LogP contribution < -0.4 is 14.8 Å². The Kier molecular flexibility index (Phi) is 8.18. The molecule has 3 aromatic heterocycles. The Hall–Kier alpha value is -3.95. The molecule has 0 spiro atoms. The van der Waals surface area contributed by atoms with Gasteiger partial charge in [-0.1, -0.05) is 0 Å². The normalized spacial score (nSPS) is 11.7. The van der Waals surface area contributed by atoms with Crippen molar-refractivity contribution in [3.63, 3.8) is 0 Å². The smallest absolute Gasteiger partial charge is 0.265 e. The van der Waals surface area contributed by atoms with E-state index in [2.05, 4.69) is 20.0 Å². The van der Waals surface area contributed by atoms with Crippen LogP contribution in [0.15, 0.2) is 59.9 Å². The van der Waals surface area contributed by atoms with Crippen molar-refractivity contribution in [3.05, 3.63) is 81.9 Å². The van der Waals surface area contributed by atoms with E-state index in [1.165, 1.54) is 24.5 Å². The SMILES string of the molecule is Cc1sc(C(=O)Nc2cncc(NS(C)(=O)=O)c2)cc1-c1ncc(F)cc1OCc1cc(F)cc(S(C)(=O)=O)c1. The highest BCUT2D eigenvalue weighted by molar-refractivity contribution is 7.92. The van der Waals surface area contributed by atoms with Gasteiger partial charge in [0.25, 0.3) is 5.91 Å². The summed E-state index contributed by atoms with van der Waals surface area (Å²) in [7, 11) is -7.21. The number of carbonyl (C=O) groups excluding carboxylic acids is 1. The van der Waals surface area contributed by atoms with Crippen LogP contribution in [0.4, 0.5) is 20.2 Å². The van der Waals surface area contributed by atoms with Crippen LogP contribution in [-0.4, -0.2) is 45.2 Å². The van der Waals surface area contributed by atoms with Crippen LogP contribution in [-0.2, 0) is 26.5 Å². The average molecular weight is 609 g/mol. The highest BCUT2D eigenvalue weighted by Crippen LogP contribution is 2.36. The van der Waals surface area contributed by atoms with Crippen molar-refractivity contribution in [2.24, 2.45) is 0 Å². The van der Waals surface area contributed by atoms with Gasteiger partial charge >= 0.3 is 0 Å². The number of carbonyl (C=O) groups is 1. The van der Waals surface area contributed by atoms with Gasteiger partial charge in [0.1, 0.15) is 29.7 Å². The lowest BCUT2D eigenvalue weighted by molar-refractivity contribution is 0.103. The van der Waals surface area contributed by atoms with Crippen molar-refractivity contribution in [2.45, 2.75) is 18.4 Å². The number of halogens is 2. The van der Waals surface area contributed by atoms with Gasteiger partial charge in [-0.15, -0.1) is 11.3 Å². The number of sulfonamides is 1. The number of aromatic nitrogens is 2. The second-order valence-corrected chi connectivity index (χ2v) is 13.7. The zero-order valence-electron chi connectivity index (χ0n) is 21.2. The van der Waals surface area contributed by atoms with Crippen molar-refractivity contribution >= 4 is 48.5 Å². The van der Waals surface area contributed by atoms with E-state index in [1.54, 1.807) is 13.0 Å². The molecule has 4 rings (SSSR count). The molecule has 0 saturated heterocycles. The standard InChI is InChI=1S/C25H22F2N4O6S3/c1-14-21(9-23(38-14)25(32)30-18-8-19(12-28-11-18)31-40(3,35)36)24-22(7-17(27)10-29-24)37-13-15-4-16(26)6-20(5-15)39(2,33)34/h4-12,31H,13H2,1-3H3,(H,30,32). The lowest BCUT2D eigenvalue weighted by atomic mass is 10.1. The minimum absolute atomic E-state index is 0.00164. The molecule has 2 N–H and O–H groups in total. The number of nitrogens with one attached hydrogen (secondary N) is 2. The molecule has 1 aromatic carbocycles. The first kappa shape index (κ1) is 29.0. The number of sulfone groups is 1. The first-order chi connectivity index (χ1) is 18.7. The van der Waals surface area contributed by atoms with Crippen LogP contribution in [0.25, 0.3) is 11.3 Å². The fraction of sp³-hybridized carbons (Fsp3) is 0.160. The van der Waals surface area contributed by atoms with Crippen LogP contribution in [0.3, 0.4) is 0 Å². The Bertz CT molecular complexity index is 1830. The molecule has 0 fully saturated rings. The van der Waals surface area contributed by atoms with Gasteiger partial charge in [-0.05, 0) is 42.8 Å². The average Bonchev–Trinajstić information content (AvgIpc) is 3.22. The molecule has 0 radical (unpaired) electrons. The maximum absolute atomic E-state index is 14.1. The van der Waals surface area contributed by atoms with Crippen LogP contribution in [0.1, 0.15) is 20.1 Å². The molecule has 0 unspecified atom stereocenters. The minimum atomic E-state index is -3.67. The van der Waals surface area contributed by atoms with E-state index < -0.39 is 37.4 Å². The van der Waals surface area contributed by atoms with Gasteiger partial charge in [-0.2, -0.15) is 0 Å². The molecule has 0 atom stereocenters. The highest BCUT2D eigenvalue weighted by atomic mass is 32.2. The fourth-order valence-corrected chi connectivity index (χ4v) is 5.76. The molecule has 210 valence electrons. The molecule has 15 heteroatoms. The number of hydrogen-bond donors (Lipinski definition) is 2. The lowest BCUT2D eigenvalue weighted by Crippen LogP contribution is -2.12. The third-order valence-electron chi connectivity index (χ3n) is 5.27. The molecule has 0 saturated carbocycles. The van der Waals surface area contributed by atoms with E-state index >= 15 is 0 Å². The second kappa shape index (κ2) is 11.3. The van der Waals surface area contributed by atoms with Crippen molar-refractivity contribution in [1.82, 2.24) is 9.97 Å². The summed E-state index contributed by atoms with van der Waals surface area (Å²) in [6, 6.07) is 7.29. The topological polar surface area (TPSA) is 144 Å². The zero-order valence-corrected chi connectivity index (χ0v) is 23.7. The molecule has 0 aliphatic rings. The van der Waals surface area contributed by atoms with E-state index in [0.29, 0.717) is 10.4 Å². The minimum Gasteiger partial charge on any atom is -0.487 e. The van der Waals surface area contributed by atoms with E-state index in [1.807, 2.05) is 0 Å². The van der Waals surface area contributed by atoms with E-state index in [9.17, 15) is 30.4 Å². The van der Waals surface area contributed by atoms with Crippen molar-refractivity contribution in [2.75, 3.05) is 22.6 Å². The van der Waals surface area contributed by atoms with Crippen molar-refractivity contribution in [1.29, 1.82) is 0 Å². The summed E-state index contributed by atoms with van der Waals surface area (Å²) < 4.78 is 82.7. The number of aryl methyl sites for hydroxylation is 1. The van der Waals surface area contributed by atoms with Gasteiger partial charge in [-0.25, -0.2) is 30.6 Å². The van der Waals surface area contributed by atoms with Gasteiger partial charge in [-0.3, -0.25) is 14.5 Å². The fourth-order valence-electron chi connectivity index (χ4n) is 3.61. The first-order valence-electron chi connectivity index (χ1n) is 11.3. The Balaban J connectivity index is 1.58.